The second kappa shape index (κ2) is 3.06. The highest BCUT2D eigenvalue weighted by molar-refractivity contribution is 6.33. The molecule has 0 fully saturated rings. The molecule has 0 saturated heterocycles. The summed E-state index contributed by atoms with van der Waals surface area (Å²) in [4.78, 5) is 3.47. The van der Waals surface area contributed by atoms with Crippen molar-refractivity contribution >= 4 is 17.3 Å². The molecule has 0 saturated carbocycles. The molecule has 1 heterocycles. The second-order valence-electron chi connectivity index (χ2n) is 2.48. The van der Waals surface area contributed by atoms with E-state index in [1.807, 2.05) is 0 Å². The van der Waals surface area contributed by atoms with Crippen LogP contribution in [0.5, 0.6) is 0 Å². The molecular formula is C7H6ClF3N2. The fraction of sp³-hybridized carbons (Fsp3) is 0.286. The van der Waals surface area contributed by atoms with Gasteiger partial charge in [0.25, 0.3) is 0 Å². The Bertz CT molecular complexity index is 335. The van der Waals surface area contributed by atoms with E-state index in [1.165, 1.54) is 6.92 Å². The Labute approximate surface area is 77.5 Å². The molecule has 0 aliphatic rings. The van der Waals surface area contributed by atoms with E-state index in [-0.39, 0.29) is 10.7 Å². The van der Waals surface area contributed by atoms with Gasteiger partial charge in [-0.05, 0) is 6.92 Å². The molecular weight excluding hydrogens is 205 g/mol. The molecule has 0 atom stereocenters. The zero-order chi connectivity index (χ0) is 10.2. The molecule has 0 aliphatic carbocycles. The number of alkyl halides is 3. The van der Waals surface area contributed by atoms with E-state index in [9.17, 15) is 13.2 Å². The Morgan fingerprint density at radius 1 is 1.46 bits per heavy atom. The number of nitrogens with zero attached hydrogens (tertiary/aromatic N) is 1. The molecule has 1 aromatic rings. The number of pyridine rings is 1. The number of hydrogen-bond donors (Lipinski definition) is 1. The number of aryl methyl sites for hydroxylation is 1. The standard InChI is InChI=1S/C7H6ClF3N2/c1-3-5(8)6(12)4(2-13-3)7(9,10)11/h2H,1H3,(H2,12,13). The number of halogens is 4. The molecule has 0 unspecified atom stereocenters. The van der Waals surface area contributed by atoms with E-state index < -0.39 is 17.4 Å². The lowest BCUT2D eigenvalue weighted by atomic mass is 10.2. The van der Waals surface area contributed by atoms with Crippen molar-refractivity contribution in [2.75, 3.05) is 5.73 Å². The summed E-state index contributed by atoms with van der Waals surface area (Å²) in [5.41, 5.74) is 3.99. The van der Waals surface area contributed by atoms with E-state index in [4.69, 9.17) is 17.3 Å². The fourth-order valence-corrected chi connectivity index (χ4v) is 0.977. The average Bonchev–Trinajstić information content (AvgIpc) is 1.98. The molecule has 0 amide bonds. The highest BCUT2D eigenvalue weighted by Gasteiger charge is 2.34. The van der Waals surface area contributed by atoms with Crippen LogP contribution in [0.1, 0.15) is 11.3 Å². The van der Waals surface area contributed by atoms with Crippen LogP contribution in [0.2, 0.25) is 5.02 Å². The SMILES string of the molecule is Cc1ncc(C(F)(F)F)c(N)c1Cl. The van der Waals surface area contributed by atoms with Gasteiger partial charge in [-0.15, -0.1) is 0 Å². The topological polar surface area (TPSA) is 38.9 Å². The summed E-state index contributed by atoms with van der Waals surface area (Å²) in [6, 6.07) is 0. The van der Waals surface area contributed by atoms with Crippen LogP contribution in [0.25, 0.3) is 0 Å². The van der Waals surface area contributed by atoms with Crippen molar-refractivity contribution < 1.29 is 13.2 Å². The third-order valence-corrected chi connectivity index (χ3v) is 2.01. The first-order valence-electron chi connectivity index (χ1n) is 3.32. The number of anilines is 1. The molecule has 1 rings (SSSR count). The normalized spacial score (nSPS) is 11.8. The van der Waals surface area contributed by atoms with Crippen LogP contribution in [-0.2, 0) is 6.18 Å². The molecule has 13 heavy (non-hydrogen) atoms. The summed E-state index contributed by atoms with van der Waals surface area (Å²) >= 11 is 5.50. The lowest BCUT2D eigenvalue weighted by Crippen LogP contribution is -2.10. The van der Waals surface area contributed by atoms with Crippen molar-refractivity contribution in [2.45, 2.75) is 13.1 Å². The molecule has 72 valence electrons. The predicted octanol–water partition coefficient (Wildman–Crippen LogP) is 2.64. The van der Waals surface area contributed by atoms with Crippen LogP contribution in [0.15, 0.2) is 6.20 Å². The van der Waals surface area contributed by atoms with Gasteiger partial charge in [0.15, 0.2) is 0 Å². The summed E-state index contributed by atoms with van der Waals surface area (Å²) in [5, 5.41) is -0.144. The number of hydrogen-bond acceptors (Lipinski definition) is 2. The van der Waals surface area contributed by atoms with Crippen LogP contribution in [0.3, 0.4) is 0 Å². The van der Waals surface area contributed by atoms with Gasteiger partial charge < -0.3 is 5.73 Å². The summed E-state index contributed by atoms with van der Waals surface area (Å²) in [5.74, 6) is 0. The number of rotatable bonds is 0. The summed E-state index contributed by atoms with van der Waals surface area (Å²) in [7, 11) is 0. The van der Waals surface area contributed by atoms with Crippen LogP contribution >= 0.6 is 11.6 Å². The first kappa shape index (κ1) is 10.1. The second-order valence-corrected chi connectivity index (χ2v) is 2.86. The van der Waals surface area contributed by atoms with Crippen molar-refractivity contribution in [3.05, 3.63) is 22.5 Å². The highest BCUT2D eigenvalue weighted by atomic mass is 35.5. The summed E-state index contributed by atoms with van der Waals surface area (Å²) in [6.45, 7) is 1.48. The molecule has 0 aliphatic heterocycles. The minimum atomic E-state index is -4.51. The molecule has 6 heteroatoms. The molecule has 2 N–H and O–H groups in total. The molecule has 1 aromatic heterocycles. The third kappa shape index (κ3) is 1.85. The Balaban J connectivity index is 3.35. The van der Waals surface area contributed by atoms with Gasteiger partial charge in [0, 0.05) is 6.20 Å². The lowest BCUT2D eigenvalue weighted by Gasteiger charge is -2.11. The minimum absolute atomic E-state index is 0.144. The first-order valence-corrected chi connectivity index (χ1v) is 3.69. The van der Waals surface area contributed by atoms with Crippen molar-refractivity contribution in [3.63, 3.8) is 0 Å². The average molecular weight is 211 g/mol. The minimum Gasteiger partial charge on any atom is -0.397 e. The number of nitrogens with two attached hydrogens (primary N) is 1. The van der Waals surface area contributed by atoms with E-state index in [0.717, 1.165) is 0 Å². The largest absolute Gasteiger partial charge is 0.419 e. The Morgan fingerprint density at radius 2 is 2.00 bits per heavy atom. The van der Waals surface area contributed by atoms with Gasteiger partial charge >= 0.3 is 6.18 Å². The predicted molar refractivity (Wildman–Crippen MR) is 43.4 cm³/mol. The van der Waals surface area contributed by atoms with Crippen LogP contribution in [-0.4, -0.2) is 4.98 Å². The van der Waals surface area contributed by atoms with E-state index in [0.29, 0.717) is 6.20 Å². The molecule has 0 spiro atoms. The van der Waals surface area contributed by atoms with Gasteiger partial charge in [-0.3, -0.25) is 4.98 Å². The fourth-order valence-electron chi connectivity index (χ4n) is 0.827. The summed E-state index contributed by atoms with van der Waals surface area (Å²) < 4.78 is 36.5. The summed E-state index contributed by atoms with van der Waals surface area (Å²) in [6.07, 6.45) is -3.83. The van der Waals surface area contributed by atoms with Gasteiger partial charge in [0.1, 0.15) is 0 Å². The number of aromatic nitrogens is 1. The zero-order valence-electron chi connectivity index (χ0n) is 6.61. The van der Waals surface area contributed by atoms with E-state index >= 15 is 0 Å². The van der Waals surface area contributed by atoms with Crippen molar-refractivity contribution in [1.29, 1.82) is 0 Å². The van der Waals surface area contributed by atoms with Gasteiger partial charge in [-0.25, -0.2) is 0 Å². The van der Waals surface area contributed by atoms with Crippen LogP contribution in [0, 0.1) is 6.92 Å². The van der Waals surface area contributed by atoms with Gasteiger partial charge in [-0.1, -0.05) is 11.6 Å². The highest BCUT2D eigenvalue weighted by Crippen LogP contribution is 2.36. The van der Waals surface area contributed by atoms with Crippen LogP contribution in [0.4, 0.5) is 18.9 Å². The molecule has 2 nitrogen and oxygen atoms in total. The van der Waals surface area contributed by atoms with Crippen molar-refractivity contribution in [3.8, 4) is 0 Å². The number of nitrogen functional groups attached to an aromatic ring is 1. The van der Waals surface area contributed by atoms with E-state index in [2.05, 4.69) is 4.98 Å². The monoisotopic (exact) mass is 210 g/mol. The van der Waals surface area contributed by atoms with Gasteiger partial charge in [0.05, 0.1) is 22.0 Å². The van der Waals surface area contributed by atoms with E-state index in [1.54, 1.807) is 0 Å². The molecule has 0 bridgehead atoms. The molecule has 0 aromatic carbocycles. The zero-order valence-corrected chi connectivity index (χ0v) is 7.37. The maximum absolute atomic E-state index is 12.2. The lowest BCUT2D eigenvalue weighted by molar-refractivity contribution is -0.137. The quantitative estimate of drug-likeness (QED) is 0.715. The third-order valence-electron chi connectivity index (χ3n) is 1.54. The maximum Gasteiger partial charge on any atom is 0.419 e. The van der Waals surface area contributed by atoms with Gasteiger partial charge in [-0.2, -0.15) is 13.2 Å². The van der Waals surface area contributed by atoms with Crippen LogP contribution < -0.4 is 5.73 Å². The Kier molecular flexibility index (Phi) is 2.38. The smallest absolute Gasteiger partial charge is 0.397 e. The Morgan fingerprint density at radius 3 is 2.46 bits per heavy atom. The van der Waals surface area contributed by atoms with Gasteiger partial charge in [0.2, 0.25) is 0 Å². The molecule has 0 radical (unpaired) electrons. The van der Waals surface area contributed by atoms with Crippen molar-refractivity contribution in [2.24, 2.45) is 0 Å². The maximum atomic E-state index is 12.2. The first-order chi connectivity index (χ1) is 5.84. The van der Waals surface area contributed by atoms with Crippen molar-refractivity contribution in [1.82, 2.24) is 4.98 Å². The Hall–Kier alpha value is -0.970.